The van der Waals surface area contributed by atoms with E-state index in [0.717, 1.165) is 19.4 Å². The zero-order chi connectivity index (χ0) is 14.5. The molecule has 1 aliphatic heterocycles. The molecule has 1 atom stereocenters. The van der Waals surface area contributed by atoms with Gasteiger partial charge in [-0.1, -0.05) is 0 Å². The maximum atomic E-state index is 11.0. The molecule has 2 heterocycles. The first kappa shape index (κ1) is 14.4. The van der Waals surface area contributed by atoms with Gasteiger partial charge >= 0.3 is 5.69 Å². The van der Waals surface area contributed by atoms with Crippen molar-refractivity contribution >= 4 is 17.5 Å². The number of likely N-dealkylation sites (tertiary alicyclic amines) is 1. The second-order valence-electron chi connectivity index (χ2n) is 4.87. The highest BCUT2D eigenvalue weighted by Gasteiger charge is 2.23. The maximum absolute atomic E-state index is 11.0. The monoisotopic (exact) mass is 280 g/mol. The lowest BCUT2D eigenvalue weighted by Gasteiger charge is -2.19. The Balaban J connectivity index is 2.10. The van der Waals surface area contributed by atoms with E-state index < -0.39 is 4.92 Å². The average molecular weight is 280 g/mol. The molecule has 1 aromatic rings. The van der Waals surface area contributed by atoms with Gasteiger partial charge in [0.1, 0.15) is 6.20 Å². The minimum absolute atomic E-state index is 0.0905. The Bertz CT molecular complexity index is 481. The number of hydrogen-bond donors (Lipinski definition) is 2. The first-order valence-corrected chi connectivity index (χ1v) is 6.81. The fourth-order valence-corrected chi connectivity index (χ4v) is 2.33. The smallest absolute Gasteiger partial charge is 0.329 e. The largest absolute Gasteiger partial charge is 0.363 e. The molecule has 1 saturated heterocycles. The molecule has 8 heteroatoms. The summed E-state index contributed by atoms with van der Waals surface area (Å²) < 4.78 is 0. The number of nitrogens with one attached hydrogen (secondary N) is 2. The van der Waals surface area contributed by atoms with Crippen molar-refractivity contribution < 1.29 is 4.92 Å². The van der Waals surface area contributed by atoms with E-state index in [1.54, 1.807) is 0 Å². The normalized spacial score (nSPS) is 19.0. The fourth-order valence-electron chi connectivity index (χ4n) is 2.33. The lowest BCUT2D eigenvalue weighted by atomic mass is 10.2. The van der Waals surface area contributed by atoms with Crippen LogP contribution in [0.4, 0.5) is 17.5 Å². The lowest BCUT2D eigenvalue weighted by molar-refractivity contribution is -0.384. The van der Waals surface area contributed by atoms with Gasteiger partial charge in [0.2, 0.25) is 11.8 Å². The zero-order valence-electron chi connectivity index (χ0n) is 11.8. The van der Waals surface area contributed by atoms with Crippen LogP contribution >= 0.6 is 0 Å². The molecular weight excluding hydrogens is 260 g/mol. The van der Waals surface area contributed by atoms with Gasteiger partial charge in [-0.25, -0.2) is 4.98 Å². The van der Waals surface area contributed by atoms with E-state index >= 15 is 0 Å². The molecule has 1 fully saturated rings. The predicted octanol–water partition coefficient (Wildman–Crippen LogP) is 1.32. The van der Waals surface area contributed by atoms with Crippen molar-refractivity contribution in [2.45, 2.75) is 25.8 Å². The van der Waals surface area contributed by atoms with E-state index in [2.05, 4.69) is 32.5 Å². The van der Waals surface area contributed by atoms with E-state index in [9.17, 15) is 10.1 Å². The van der Waals surface area contributed by atoms with Crippen LogP contribution in [0.25, 0.3) is 0 Å². The van der Waals surface area contributed by atoms with Crippen molar-refractivity contribution in [3.8, 4) is 0 Å². The number of anilines is 2. The van der Waals surface area contributed by atoms with E-state index in [1.807, 2.05) is 6.92 Å². The quantitative estimate of drug-likeness (QED) is 0.599. The molecule has 0 bridgehead atoms. The summed E-state index contributed by atoms with van der Waals surface area (Å²) >= 11 is 0. The van der Waals surface area contributed by atoms with E-state index in [4.69, 9.17) is 0 Å². The van der Waals surface area contributed by atoms with Crippen molar-refractivity contribution in [2.75, 3.05) is 37.3 Å². The number of hydrogen-bond acceptors (Lipinski definition) is 7. The molecule has 110 valence electrons. The summed E-state index contributed by atoms with van der Waals surface area (Å²) in [7, 11) is 2.07. The molecule has 0 saturated carbocycles. The second-order valence-corrected chi connectivity index (χ2v) is 4.87. The van der Waals surface area contributed by atoms with Crippen molar-refractivity contribution in [3.05, 3.63) is 16.3 Å². The molecule has 0 amide bonds. The molecule has 2 rings (SSSR count). The van der Waals surface area contributed by atoms with E-state index in [1.165, 1.54) is 6.20 Å². The summed E-state index contributed by atoms with van der Waals surface area (Å²) in [5.74, 6) is 0.682. The SMILES string of the molecule is CCNc1ncc([N+](=O)[O-])c(NCC2CCCN2C)n1. The van der Waals surface area contributed by atoms with Crippen LogP contribution < -0.4 is 10.6 Å². The molecule has 0 spiro atoms. The summed E-state index contributed by atoms with van der Waals surface area (Å²) in [6.07, 6.45) is 3.51. The molecule has 0 aliphatic carbocycles. The van der Waals surface area contributed by atoms with Crippen LogP contribution in [0.3, 0.4) is 0 Å². The van der Waals surface area contributed by atoms with Gasteiger partial charge < -0.3 is 15.5 Å². The van der Waals surface area contributed by atoms with Gasteiger partial charge in [-0.3, -0.25) is 10.1 Å². The summed E-state index contributed by atoms with van der Waals surface area (Å²) in [4.78, 5) is 20.9. The molecule has 0 aromatic carbocycles. The first-order chi connectivity index (χ1) is 9.61. The highest BCUT2D eigenvalue weighted by Crippen LogP contribution is 2.23. The summed E-state index contributed by atoms with van der Waals surface area (Å²) in [6.45, 7) is 4.31. The van der Waals surface area contributed by atoms with Gasteiger partial charge in [0, 0.05) is 19.1 Å². The van der Waals surface area contributed by atoms with Crippen LogP contribution in [-0.4, -0.2) is 52.5 Å². The van der Waals surface area contributed by atoms with E-state index in [-0.39, 0.29) is 11.5 Å². The third kappa shape index (κ3) is 3.32. The highest BCUT2D eigenvalue weighted by atomic mass is 16.6. The third-order valence-corrected chi connectivity index (χ3v) is 3.48. The minimum Gasteiger partial charge on any atom is -0.363 e. The maximum Gasteiger partial charge on any atom is 0.329 e. The number of nitrogens with zero attached hydrogens (tertiary/aromatic N) is 4. The number of rotatable bonds is 6. The molecule has 1 unspecified atom stereocenters. The van der Waals surface area contributed by atoms with Crippen LogP contribution in [0.15, 0.2) is 6.20 Å². The molecule has 20 heavy (non-hydrogen) atoms. The number of nitro groups is 1. The topological polar surface area (TPSA) is 96.2 Å². The molecule has 8 nitrogen and oxygen atoms in total. The number of likely N-dealkylation sites (N-methyl/N-ethyl adjacent to an activating group) is 1. The van der Waals surface area contributed by atoms with Crippen molar-refractivity contribution in [1.82, 2.24) is 14.9 Å². The minimum atomic E-state index is -0.462. The molecular formula is C12H20N6O2. The van der Waals surface area contributed by atoms with E-state index in [0.29, 0.717) is 25.1 Å². The van der Waals surface area contributed by atoms with Crippen LogP contribution in [0, 0.1) is 10.1 Å². The Hall–Kier alpha value is -1.96. The molecule has 1 aliphatic rings. The third-order valence-electron chi connectivity index (χ3n) is 3.48. The highest BCUT2D eigenvalue weighted by molar-refractivity contribution is 5.57. The second kappa shape index (κ2) is 6.47. The standard InChI is InChI=1S/C12H20N6O2/c1-3-13-12-15-8-10(18(19)20)11(16-12)14-7-9-5-4-6-17(9)2/h8-9H,3-7H2,1-2H3,(H2,13,14,15,16). The predicted molar refractivity (Wildman–Crippen MR) is 77.0 cm³/mol. The fraction of sp³-hybridized carbons (Fsp3) is 0.667. The van der Waals surface area contributed by atoms with Gasteiger partial charge in [0.25, 0.3) is 0 Å². The van der Waals surface area contributed by atoms with Gasteiger partial charge in [-0.2, -0.15) is 4.98 Å². The van der Waals surface area contributed by atoms with Crippen LogP contribution in [0.2, 0.25) is 0 Å². The Kier molecular flexibility index (Phi) is 4.67. The Morgan fingerprint density at radius 2 is 2.35 bits per heavy atom. The molecule has 2 N–H and O–H groups in total. The van der Waals surface area contributed by atoms with Crippen molar-refractivity contribution in [3.63, 3.8) is 0 Å². The number of aromatic nitrogens is 2. The van der Waals surface area contributed by atoms with Crippen LogP contribution in [0.5, 0.6) is 0 Å². The van der Waals surface area contributed by atoms with Crippen LogP contribution in [0.1, 0.15) is 19.8 Å². The zero-order valence-corrected chi connectivity index (χ0v) is 11.8. The van der Waals surface area contributed by atoms with Gasteiger partial charge in [-0.15, -0.1) is 0 Å². The Morgan fingerprint density at radius 1 is 1.55 bits per heavy atom. The summed E-state index contributed by atoms with van der Waals surface area (Å²) in [6, 6.07) is 0.396. The molecule has 1 aromatic heterocycles. The Morgan fingerprint density at radius 3 is 2.95 bits per heavy atom. The first-order valence-electron chi connectivity index (χ1n) is 6.81. The average Bonchev–Trinajstić information content (AvgIpc) is 2.82. The van der Waals surface area contributed by atoms with Crippen LogP contribution in [-0.2, 0) is 0 Å². The summed E-state index contributed by atoms with van der Waals surface area (Å²) in [5.41, 5.74) is -0.0905. The van der Waals surface area contributed by atoms with Crippen molar-refractivity contribution in [1.29, 1.82) is 0 Å². The van der Waals surface area contributed by atoms with Gasteiger partial charge in [0.15, 0.2) is 0 Å². The molecule has 0 radical (unpaired) electrons. The lowest BCUT2D eigenvalue weighted by Crippen LogP contribution is -2.32. The van der Waals surface area contributed by atoms with Gasteiger partial charge in [-0.05, 0) is 33.4 Å². The Labute approximate surface area is 117 Å². The van der Waals surface area contributed by atoms with Crippen molar-refractivity contribution in [2.24, 2.45) is 0 Å². The summed E-state index contributed by atoms with van der Waals surface area (Å²) in [5, 5.41) is 17.1. The van der Waals surface area contributed by atoms with Gasteiger partial charge in [0.05, 0.1) is 4.92 Å².